The Hall–Kier alpha value is -1.34. The van der Waals surface area contributed by atoms with E-state index in [4.69, 9.17) is 4.74 Å². The van der Waals surface area contributed by atoms with Gasteiger partial charge in [0.05, 0.1) is 6.10 Å². The third-order valence-electron chi connectivity index (χ3n) is 6.63. The third kappa shape index (κ3) is 11.2. The van der Waals surface area contributed by atoms with Crippen molar-refractivity contribution in [3.63, 3.8) is 0 Å². The minimum absolute atomic E-state index is 0.169. The average Bonchev–Trinajstić information content (AvgIpc) is 2.80. The minimum atomic E-state index is 0.169. The summed E-state index contributed by atoms with van der Waals surface area (Å²) in [7, 11) is 0. The van der Waals surface area contributed by atoms with Crippen LogP contribution in [0.3, 0.4) is 0 Å². The Morgan fingerprint density at radius 2 is 1.06 bits per heavy atom. The highest BCUT2D eigenvalue weighted by Crippen LogP contribution is 2.26. The molecular weight excluding hydrogens is 376 g/mol. The van der Waals surface area contributed by atoms with E-state index in [0.717, 1.165) is 6.61 Å². The maximum Gasteiger partial charge on any atom is 0.0802 e. The zero-order valence-electron chi connectivity index (χ0n) is 20.5. The van der Waals surface area contributed by atoms with Gasteiger partial charge in [0, 0.05) is 6.61 Å². The molecule has 0 amide bonds. The summed E-state index contributed by atoms with van der Waals surface area (Å²) in [5.41, 5.74) is 1.31. The molecule has 0 aliphatic heterocycles. The molecule has 0 radical (unpaired) electrons. The molecule has 0 spiro atoms. The average molecular weight is 425 g/mol. The molecule has 0 N–H and O–H groups in total. The van der Waals surface area contributed by atoms with Gasteiger partial charge in [-0.25, -0.2) is 0 Å². The lowest BCUT2D eigenvalue weighted by atomic mass is 10.0. The Balaban J connectivity index is 1.38. The van der Waals surface area contributed by atoms with Crippen molar-refractivity contribution in [1.82, 2.24) is 0 Å². The molecule has 31 heavy (non-hydrogen) atoms. The highest BCUT2D eigenvalue weighted by atomic mass is 16.5. The lowest BCUT2D eigenvalue weighted by Crippen LogP contribution is -2.02. The molecule has 0 aromatic heterocycles. The molecule has 0 heterocycles. The molecule has 1 heteroatoms. The van der Waals surface area contributed by atoms with E-state index < -0.39 is 0 Å². The predicted molar refractivity (Wildman–Crippen MR) is 138 cm³/mol. The second kappa shape index (κ2) is 17.2. The van der Waals surface area contributed by atoms with Gasteiger partial charge in [-0.3, -0.25) is 0 Å². The summed E-state index contributed by atoms with van der Waals surface area (Å²) < 4.78 is 6.16. The van der Waals surface area contributed by atoms with Gasteiger partial charge in [0.15, 0.2) is 0 Å². The van der Waals surface area contributed by atoms with Crippen LogP contribution >= 0.6 is 0 Å². The quantitative estimate of drug-likeness (QED) is 0.204. The number of rotatable bonds is 19. The summed E-state index contributed by atoms with van der Waals surface area (Å²) in [6, 6.07) is 15.1. The second-order valence-electron chi connectivity index (χ2n) is 9.38. The van der Waals surface area contributed by atoms with E-state index in [0.29, 0.717) is 0 Å². The fraction of sp³-hybridized carbons (Fsp3) is 0.667. The zero-order valence-corrected chi connectivity index (χ0v) is 20.5. The summed E-state index contributed by atoms with van der Waals surface area (Å²) >= 11 is 0. The summed E-state index contributed by atoms with van der Waals surface area (Å²) in [5.74, 6) is 0. The Morgan fingerprint density at radius 1 is 0.581 bits per heavy atom. The van der Waals surface area contributed by atoms with E-state index in [1.54, 1.807) is 0 Å². The predicted octanol–water partition coefficient (Wildman–Crippen LogP) is 10.2. The number of benzene rings is 2. The SMILES string of the molecule is CCCCCCCCCCCCCCCCCCOC(C)c1cccc2ccccc12. The first kappa shape index (κ1) is 25.9. The van der Waals surface area contributed by atoms with Crippen molar-refractivity contribution in [3.05, 3.63) is 48.0 Å². The monoisotopic (exact) mass is 424 g/mol. The van der Waals surface area contributed by atoms with E-state index in [1.807, 2.05) is 0 Å². The van der Waals surface area contributed by atoms with Crippen LogP contribution in [0.15, 0.2) is 42.5 Å². The van der Waals surface area contributed by atoms with Crippen LogP contribution in [0.25, 0.3) is 10.8 Å². The molecule has 0 fully saturated rings. The van der Waals surface area contributed by atoms with Gasteiger partial charge < -0.3 is 4.74 Å². The van der Waals surface area contributed by atoms with Gasteiger partial charge in [0.2, 0.25) is 0 Å². The van der Waals surface area contributed by atoms with Crippen LogP contribution in [0.5, 0.6) is 0 Å². The van der Waals surface area contributed by atoms with E-state index in [1.165, 1.54) is 119 Å². The largest absolute Gasteiger partial charge is 0.374 e. The molecule has 2 aromatic rings. The Bertz CT molecular complexity index is 672. The molecule has 2 aromatic carbocycles. The van der Waals surface area contributed by atoms with Gasteiger partial charge in [-0.1, -0.05) is 146 Å². The van der Waals surface area contributed by atoms with Crippen molar-refractivity contribution in [3.8, 4) is 0 Å². The van der Waals surface area contributed by atoms with Crippen molar-refractivity contribution in [2.24, 2.45) is 0 Å². The normalized spacial score (nSPS) is 12.5. The number of fused-ring (bicyclic) bond motifs is 1. The van der Waals surface area contributed by atoms with Crippen molar-refractivity contribution in [2.75, 3.05) is 6.61 Å². The molecule has 0 aliphatic carbocycles. The highest BCUT2D eigenvalue weighted by molar-refractivity contribution is 5.85. The smallest absolute Gasteiger partial charge is 0.0802 e. The maximum atomic E-state index is 6.16. The van der Waals surface area contributed by atoms with Crippen molar-refractivity contribution in [2.45, 2.75) is 123 Å². The number of ether oxygens (including phenoxy) is 1. The topological polar surface area (TPSA) is 9.23 Å². The Labute approximate surface area is 193 Å². The molecule has 174 valence electrons. The first-order chi connectivity index (χ1) is 15.3. The van der Waals surface area contributed by atoms with Crippen molar-refractivity contribution >= 4 is 10.8 Å². The first-order valence-corrected chi connectivity index (χ1v) is 13.4. The van der Waals surface area contributed by atoms with Crippen LogP contribution in [0.2, 0.25) is 0 Å². The fourth-order valence-corrected chi connectivity index (χ4v) is 4.61. The van der Waals surface area contributed by atoms with Crippen molar-refractivity contribution in [1.29, 1.82) is 0 Å². The van der Waals surface area contributed by atoms with Crippen LogP contribution in [0.1, 0.15) is 128 Å². The van der Waals surface area contributed by atoms with Crippen LogP contribution in [0.4, 0.5) is 0 Å². The van der Waals surface area contributed by atoms with E-state index in [-0.39, 0.29) is 6.10 Å². The van der Waals surface area contributed by atoms with E-state index in [9.17, 15) is 0 Å². The van der Waals surface area contributed by atoms with Crippen molar-refractivity contribution < 1.29 is 4.74 Å². The standard InChI is InChI=1S/C30H48O/c1-3-4-5-6-7-8-9-10-11-12-13-14-15-16-17-20-26-31-27(2)29-25-21-23-28-22-18-19-24-30(28)29/h18-19,21-25,27H,3-17,20,26H2,1-2H3. The molecule has 0 aliphatic rings. The minimum Gasteiger partial charge on any atom is -0.374 e. The second-order valence-corrected chi connectivity index (χ2v) is 9.38. The molecule has 1 atom stereocenters. The molecule has 0 saturated heterocycles. The van der Waals surface area contributed by atoms with Crippen LogP contribution in [-0.4, -0.2) is 6.61 Å². The number of unbranched alkanes of at least 4 members (excludes halogenated alkanes) is 15. The number of hydrogen-bond acceptors (Lipinski definition) is 1. The lowest BCUT2D eigenvalue weighted by molar-refractivity contribution is 0.0637. The summed E-state index contributed by atoms with van der Waals surface area (Å²) in [5, 5.41) is 2.63. The van der Waals surface area contributed by atoms with Crippen LogP contribution in [-0.2, 0) is 4.74 Å². The van der Waals surface area contributed by atoms with Crippen LogP contribution < -0.4 is 0 Å². The van der Waals surface area contributed by atoms with Crippen LogP contribution in [0, 0.1) is 0 Å². The Morgan fingerprint density at radius 3 is 1.65 bits per heavy atom. The summed E-state index contributed by atoms with van der Waals surface area (Å²) in [4.78, 5) is 0. The van der Waals surface area contributed by atoms with Gasteiger partial charge >= 0.3 is 0 Å². The summed E-state index contributed by atoms with van der Waals surface area (Å²) in [6.07, 6.45) is 22.7. The van der Waals surface area contributed by atoms with Gasteiger partial charge in [-0.15, -0.1) is 0 Å². The molecule has 0 saturated carbocycles. The molecule has 2 rings (SSSR count). The molecule has 1 unspecified atom stereocenters. The Kier molecular flexibility index (Phi) is 14.4. The summed E-state index contributed by atoms with van der Waals surface area (Å²) in [6.45, 7) is 5.36. The molecule has 1 nitrogen and oxygen atoms in total. The third-order valence-corrected chi connectivity index (χ3v) is 6.63. The van der Waals surface area contributed by atoms with Gasteiger partial charge in [0.1, 0.15) is 0 Å². The fourth-order valence-electron chi connectivity index (χ4n) is 4.61. The van der Waals surface area contributed by atoms with Gasteiger partial charge in [-0.2, -0.15) is 0 Å². The molecule has 0 bridgehead atoms. The maximum absolute atomic E-state index is 6.16. The first-order valence-electron chi connectivity index (χ1n) is 13.4. The molecular formula is C30H48O. The van der Waals surface area contributed by atoms with E-state index >= 15 is 0 Å². The number of hydrogen-bond donors (Lipinski definition) is 0. The lowest BCUT2D eigenvalue weighted by Gasteiger charge is -2.16. The zero-order chi connectivity index (χ0) is 22.0. The van der Waals surface area contributed by atoms with E-state index in [2.05, 4.69) is 56.3 Å². The highest BCUT2D eigenvalue weighted by Gasteiger charge is 2.09. The van der Waals surface area contributed by atoms with Gasteiger partial charge in [-0.05, 0) is 29.7 Å². The van der Waals surface area contributed by atoms with Gasteiger partial charge in [0.25, 0.3) is 0 Å².